The lowest BCUT2D eigenvalue weighted by atomic mass is 10.0. The van der Waals surface area contributed by atoms with E-state index in [2.05, 4.69) is 10.4 Å². The summed E-state index contributed by atoms with van der Waals surface area (Å²) < 4.78 is 35.1. The van der Waals surface area contributed by atoms with Crippen LogP contribution in [0, 0.1) is 17.6 Å². The Kier molecular flexibility index (Phi) is 4.36. The molecular formula is C19H19F2N3O. The van der Waals surface area contributed by atoms with Crippen LogP contribution in [0.3, 0.4) is 0 Å². The van der Waals surface area contributed by atoms with Crippen LogP contribution in [-0.2, 0) is 0 Å². The molecule has 4 rings (SSSR count). The summed E-state index contributed by atoms with van der Waals surface area (Å²) in [4.78, 5) is 0. The third-order valence-corrected chi connectivity index (χ3v) is 4.55. The van der Waals surface area contributed by atoms with Crippen molar-refractivity contribution in [3.05, 3.63) is 54.1 Å². The second kappa shape index (κ2) is 6.80. The van der Waals surface area contributed by atoms with Crippen LogP contribution in [0.25, 0.3) is 16.6 Å². The smallest absolute Gasteiger partial charge is 0.244 e. The summed E-state index contributed by atoms with van der Waals surface area (Å²) in [5.41, 5.74) is 1.26. The Morgan fingerprint density at radius 3 is 2.76 bits per heavy atom. The number of hydrogen-bond acceptors (Lipinski definition) is 3. The van der Waals surface area contributed by atoms with Crippen molar-refractivity contribution in [3.63, 3.8) is 0 Å². The molecule has 4 nitrogen and oxygen atoms in total. The lowest BCUT2D eigenvalue weighted by Crippen LogP contribution is -2.33. The molecule has 0 radical (unpaired) electrons. The highest BCUT2D eigenvalue weighted by Gasteiger charge is 2.19. The second-order valence-electron chi connectivity index (χ2n) is 6.35. The van der Waals surface area contributed by atoms with Crippen molar-refractivity contribution in [1.29, 1.82) is 0 Å². The number of fused-ring (bicyclic) bond motifs is 1. The Labute approximate surface area is 144 Å². The highest BCUT2D eigenvalue weighted by Crippen LogP contribution is 2.30. The van der Waals surface area contributed by atoms with Gasteiger partial charge in [-0.15, -0.1) is 5.10 Å². The SMILES string of the molecule is Fc1ccc(-n2nc(OC[C@H]3CCCNC3)c3c(F)cccc32)cc1. The molecule has 0 saturated carbocycles. The van der Waals surface area contributed by atoms with Crippen LogP contribution in [0.4, 0.5) is 8.78 Å². The maximum absolute atomic E-state index is 14.4. The minimum Gasteiger partial charge on any atom is -0.476 e. The fraction of sp³-hybridized carbons (Fsp3) is 0.316. The van der Waals surface area contributed by atoms with Crippen LogP contribution in [0.2, 0.25) is 0 Å². The normalized spacial score (nSPS) is 17.8. The van der Waals surface area contributed by atoms with E-state index in [0.29, 0.717) is 29.1 Å². The number of halogens is 2. The largest absolute Gasteiger partial charge is 0.476 e. The maximum atomic E-state index is 14.4. The Hall–Kier alpha value is -2.47. The molecule has 2 heterocycles. The van der Waals surface area contributed by atoms with Gasteiger partial charge in [-0.1, -0.05) is 6.07 Å². The number of piperidine rings is 1. The molecule has 1 atom stereocenters. The molecule has 1 aliphatic rings. The molecule has 1 saturated heterocycles. The molecule has 0 amide bonds. The Morgan fingerprint density at radius 2 is 2.00 bits per heavy atom. The Balaban J connectivity index is 1.69. The minimum absolute atomic E-state index is 0.281. The standard InChI is InChI=1S/C19H19F2N3O/c20-14-6-8-15(9-7-14)24-17-5-1-4-16(21)18(17)19(23-24)25-12-13-3-2-10-22-11-13/h1,4-9,13,22H,2-3,10-12H2/t13-/m0/s1. The first-order valence-corrected chi connectivity index (χ1v) is 8.49. The van der Waals surface area contributed by atoms with Gasteiger partial charge in [0.1, 0.15) is 11.6 Å². The molecule has 1 aromatic heterocycles. The number of nitrogens with one attached hydrogen (secondary N) is 1. The number of benzene rings is 2. The third-order valence-electron chi connectivity index (χ3n) is 4.55. The van der Waals surface area contributed by atoms with E-state index < -0.39 is 0 Å². The molecule has 2 aromatic carbocycles. The van der Waals surface area contributed by atoms with Gasteiger partial charge in [0.05, 0.1) is 23.2 Å². The van der Waals surface area contributed by atoms with Crippen molar-refractivity contribution < 1.29 is 13.5 Å². The zero-order valence-electron chi connectivity index (χ0n) is 13.7. The molecule has 130 valence electrons. The van der Waals surface area contributed by atoms with E-state index in [-0.39, 0.29) is 17.5 Å². The van der Waals surface area contributed by atoms with Gasteiger partial charge < -0.3 is 10.1 Å². The molecule has 1 N–H and O–H groups in total. The van der Waals surface area contributed by atoms with Gasteiger partial charge in [0.25, 0.3) is 0 Å². The highest BCUT2D eigenvalue weighted by atomic mass is 19.1. The molecule has 1 fully saturated rings. The first kappa shape index (κ1) is 16.0. The minimum atomic E-state index is -0.373. The van der Waals surface area contributed by atoms with Crippen molar-refractivity contribution in [2.45, 2.75) is 12.8 Å². The predicted octanol–water partition coefficient (Wildman–Crippen LogP) is 3.68. The van der Waals surface area contributed by atoms with Gasteiger partial charge in [0, 0.05) is 12.5 Å². The first-order chi connectivity index (χ1) is 12.2. The average molecular weight is 343 g/mol. The summed E-state index contributed by atoms with van der Waals surface area (Å²) in [5.74, 6) is -0.0233. The third kappa shape index (κ3) is 3.22. The maximum Gasteiger partial charge on any atom is 0.244 e. The summed E-state index contributed by atoms with van der Waals surface area (Å²) in [6.07, 6.45) is 2.21. The van der Waals surface area contributed by atoms with Crippen molar-refractivity contribution >= 4 is 10.9 Å². The van der Waals surface area contributed by atoms with Crippen LogP contribution in [0.1, 0.15) is 12.8 Å². The van der Waals surface area contributed by atoms with E-state index in [9.17, 15) is 8.78 Å². The molecule has 0 aliphatic carbocycles. The quantitative estimate of drug-likeness (QED) is 0.785. The molecule has 6 heteroatoms. The highest BCUT2D eigenvalue weighted by molar-refractivity contribution is 5.86. The summed E-state index contributed by atoms with van der Waals surface area (Å²) in [6.45, 7) is 2.43. The monoisotopic (exact) mass is 343 g/mol. The van der Waals surface area contributed by atoms with Gasteiger partial charge in [-0.05, 0) is 55.8 Å². The fourth-order valence-electron chi connectivity index (χ4n) is 3.24. The molecular weight excluding hydrogens is 324 g/mol. The van der Waals surface area contributed by atoms with E-state index in [4.69, 9.17) is 4.74 Å². The molecule has 0 unspecified atom stereocenters. The van der Waals surface area contributed by atoms with E-state index in [1.165, 1.54) is 18.2 Å². The van der Waals surface area contributed by atoms with Crippen molar-refractivity contribution in [2.75, 3.05) is 19.7 Å². The topological polar surface area (TPSA) is 39.1 Å². The summed E-state index contributed by atoms with van der Waals surface area (Å²) in [5, 5.41) is 8.14. The average Bonchev–Trinajstić information content (AvgIpc) is 3.02. The van der Waals surface area contributed by atoms with Crippen molar-refractivity contribution in [1.82, 2.24) is 15.1 Å². The molecule has 25 heavy (non-hydrogen) atoms. The van der Waals surface area contributed by atoms with Gasteiger partial charge in [-0.25, -0.2) is 13.5 Å². The van der Waals surface area contributed by atoms with Crippen LogP contribution in [0.15, 0.2) is 42.5 Å². The van der Waals surface area contributed by atoms with Gasteiger partial charge in [0.2, 0.25) is 5.88 Å². The van der Waals surface area contributed by atoms with Crippen molar-refractivity contribution in [3.8, 4) is 11.6 Å². The molecule has 1 aliphatic heterocycles. The number of hydrogen-bond donors (Lipinski definition) is 1. The van der Waals surface area contributed by atoms with Crippen LogP contribution in [0.5, 0.6) is 5.88 Å². The number of aromatic nitrogens is 2. The second-order valence-corrected chi connectivity index (χ2v) is 6.35. The lowest BCUT2D eigenvalue weighted by molar-refractivity contribution is 0.213. The predicted molar refractivity (Wildman–Crippen MR) is 92.1 cm³/mol. The van der Waals surface area contributed by atoms with Gasteiger partial charge in [-0.3, -0.25) is 0 Å². The van der Waals surface area contributed by atoms with E-state index >= 15 is 0 Å². The number of ether oxygens (including phenoxy) is 1. The summed E-state index contributed by atoms with van der Waals surface area (Å²) >= 11 is 0. The van der Waals surface area contributed by atoms with E-state index in [1.54, 1.807) is 28.9 Å². The summed E-state index contributed by atoms with van der Waals surface area (Å²) in [6, 6.07) is 10.8. The Bertz CT molecular complexity index is 870. The molecule has 3 aromatic rings. The van der Waals surface area contributed by atoms with Gasteiger partial charge in [0.15, 0.2) is 0 Å². The van der Waals surface area contributed by atoms with E-state index in [1.807, 2.05) is 0 Å². The number of nitrogens with zero attached hydrogens (tertiary/aromatic N) is 2. The molecule has 0 bridgehead atoms. The number of rotatable bonds is 4. The van der Waals surface area contributed by atoms with E-state index in [0.717, 1.165) is 25.9 Å². The summed E-state index contributed by atoms with van der Waals surface area (Å²) in [7, 11) is 0. The van der Waals surface area contributed by atoms with Crippen molar-refractivity contribution in [2.24, 2.45) is 5.92 Å². The van der Waals surface area contributed by atoms with Gasteiger partial charge in [-0.2, -0.15) is 0 Å². The van der Waals surface area contributed by atoms with Crippen LogP contribution < -0.4 is 10.1 Å². The molecule has 0 spiro atoms. The Morgan fingerprint density at radius 1 is 1.16 bits per heavy atom. The zero-order chi connectivity index (χ0) is 17.2. The first-order valence-electron chi connectivity index (χ1n) is 8.49. The zero-order valence-corrected chi connectivity index (χ0v) is 13.7. The van der Waals surface area contributed by atoms with Crippen LogP contribution >= 0.6 is 0 Å². The lowest BCUT2D eigenvalue weighted by Gasteiger charge is -2.22. The van der Waals surface area contributed by atoms with Crippen LogP contribution in [-0.4, -0.2) is 29.5 Å². The fourth-order valence-corrected chi connectivity index (χ4v) is 3.24. The van der Waals surface area contributed by atoms with Gasteiger partial charge >= 0.3 is 0 Å².